The molecule has 1 aromatic heterocycles. The largest absolute Gasteiger partial charge is 0.377 e. The van der Waals surface area contributed by atoms with E-state index in [9.17, 15) is 0 Å². The number of aromatic amines is 1. The summed E-state index contributed by atoms with van der Waals surface area (Å²) in [7, 11) is 0. The van der Waals surface area contributed by atoms with E-state index >= 15 is 0 Å². The lowest BCUT2D eigenvalue weighted by Crippen LogP contribution is -2.26. The number of nitrogens with zero attached hydrogens (tertiary/aromatic N) is 2. The molecule has 1 N–H and O–H groups in total. The van der Waals surface area contributed by atoms with E-state index in [1.807, 2.05) is 0 Å². The Morgan fingerprint density at radius 3 is 2.94 bits per heavy atom. The summed E-state index contributed by atoms with van der Waals surface area (Å²) in [5, 5.41) is 7.93. The maximum atomic E-state index is 5.96. The molecule has 1 saturated carbocycles. The fourth-order valence-corrected chi connectivity index (χ4v) is 3.01. The van der Waals surface area contributed by atoms with E-state index < -0.39 is 0 Å². The van der Waals surface area contributed by atoms with Gasteiger partial charge in [-0.25, -0.2) is 4.98 Å². The Kier molecular flexibility index (Phi) is 5.50. The Balaban J connectivity index is 1.63. The van der Waals surface area contributed by atoms with Gasteiger partial charge in [0.2, 0.25) is 5.16 Å². The molecule has 2 atom stereocenters. The van der Waals surface area contributed by atoms with Gasteiger partial charge in [-0.2, -0.15) is 0 Å². The molecule has 0 radical (unpaired) electrons. The SMILES string of the molecule is CCc1nc(SCCOC2CCCCC2C)n[nH]1. The van der Waals surface area contributed by atoms with Crippen LogP contribution in [0.1, 0.15) is 45.4 Å². The molecule has 0 aliphatic heterocycles. The third-order valence-corrected chi connectivity index (χ3v) is 4.34. The highest BCUT2D eigenvalue weighted by Gasteiger charge is 2.21. The number of aryl methyl sites for hydroxylation is 1. The molecule has 5 heteroatoms. The molecule has 1 aliphatic carbocycles. The molecule has 102 valence electrons. The van der Waals surface area contributed by atoms with Crippen LogP contribution >= 0.6 is 11.8 Å². The van der Waals surface area contributed by atoms with E-state index in [2.05, 4.69) is 29.0 Å². The first-order chi connectivity index (χ1) is 8.79. The van der Waals surface area contributed by atoms with Gasteiger partial charge in [-0.3, -0.25) is 5.10 Å². The number of hydrogen-bond donors (Lipinski definition) is 1. The van der Waals surface area contributed by atoms with Crippen LogP contribution in [0.4, 0.5) is 0 Å². The summed E-state index contributed by atoms with van der Waals surface area (Å²) in [5.41, 5.74) is 0. The fourth-order valence-electron chi connectivity index (χ4n) is 2.36. The number of hydrogen-bond acceptors (Lipinski definition) is 4. The van der Waals surface area contributed by atoms with Crippen molar-refractivity contribution in [2.24, 2.45) is 5.92 Å². The van der Waals surface area contributed by atoms with Gasteiger partial charge in [-0.05, 0) is 18.8 Å². The van der Waals surface area contributed by atoms with Crippen LogP contribution in [0.25, 0.3) is 0 Å². The molecule has 0 amide bonds. The van der Waals surface area contributed by atoms with Crippen molar-refractivity contribution in [3.05, 3.63) is 5.82 Å². The second-order valence-corrected chi connectivity index (χ2v) is 6.00. The fraction of sp³-hybridized carbons (Fsp3) is 0.846. The second-order valence-electron chi connectivity index (χ2n) is 4.94. The smallest absolute Gasteiger partial charge is 0.208 e. The molecular weight excluding hydrogens is 246 g/mol. The molecule has 1 heterocycles. The second kappa shape index (κ2) is 7.14. The van der Waals surface area contributed by atoms with E-state index in [0.717, 1.165) is 35.7 Å². The lowest BCUT2D eigenvalue weighted by Gasteiger charge is -2.28. The Bertz CT molecular complexity index is 356. The third-order valence-electron chi connectivity index (χ3n) is 3.53. The standard InChI is InChI=1S/C13H23N3OS/c1-3-12-14-13(16-15-12)18-9-8-17-11-7-5-4-6-10(11)2/h10-11H,3-9H2,1-2H3,(H,14,15,16). The molecule has 1 fully saturated rings. The first kappa shape index (κ1) is 13.9. The molecule has 18 heavy (non-hydrogen) atoms. The van der Waals surface area contributed by atoms with Gasteiger partial charge in [0.05, 0.1) is 12.7 Å². The molecule has 2 rings (SSSR count). The van der Waals surface area contributed by atoms with E-state index in [1.54, 1.807) is 11.8 Å². The zero-order valence-electron chi connectivity index (χ0n) is 11.3. The minimum absolute atomic E-state index is 0.470. The normalized spacial score (nSPS) is 24.3. The van der Waals surface area contributed by atoms with Crippen LogP contribution < -0.4 is 0 Å². The number of thioether (sulfide) groups is 1. The highest BCUT2D eigenvalue weighted by molar-refractivity contribution is 7.99. The van der Waals surface area contributed by atoms with Gasteiger partial charge in [-0.1, -0.05) is 38.5 Å². The lowest BCUT2D eigenvalue weighted by molar-refractivity contribution is 0.00345. The number of rotatable bonds is 6. The molecule has 2 unspecified atom stereocenters. The van der Waals surface area contributed by atoms with E-state index in [0.29, 0.717) is 6.10 Å². The van der Waals surface area contributed by atoms with Crippen LogP contribution in [0.15, 0.2) is 5.16 Å². The average molecular weight is 269 g/mol. The van der Waals surface area contributed by atoms with Crippen molar-refractivity contribution in [2.75, 3.05) is 12.4 Å². The minimum Gasteiger partial charge on any atom is -0.377 e. The van der Waals surface area contributed by atoms with Crippen molar-refractivity contribution in [1.82, 2.24) is 15.2 Å². The Morgan fingerprint density at radius 1 is 1.39 bits per heavy atom. The predicted molar refractivity (Wildman–Crippen MR) is 73.9 cm³/mol. The van der Waals surface area contributed by atoms with Gasteiger partial charge in [0.15, 0.2) is 0 Å². The molecule has 4 nitrogen and oxygen atoms in total. The van der Waals surface area contributed by atoms with E-state index in [4.69, 9.17) is 4.74 Å². The Hall–Kier alpha value is -0.550. The summed E-state index contributed by atoms with van der Waals surface area (Å²) in [6, 6.07) is 0. The Labute approximate surface area is 113 Å². The molecule has 0 aromatic carbocycles. The predicted octanol–water partition coefficient (Wildman–Crippen LogP) is 3.05. The zero-order valence-corrected chi connectivity index (χ0v) is 12.1. The van der Waals surface area contributed by atoms with Crippen molar-refractivity contribution >= 4 is 11.8 Å². The molecule has 0 bridgehead atoms. The highest BCUT2D eigenvalue weighted by atomic mass is 32.2. The quantitative estimate of drug-likeness (QED) is 0.637. The number of aromatic nitrogens is 3. The molecule has 1 aliphatic rings. The van der Waals surface area contributed by atoms with Crippen molar-refractivity contribution in [2.45, 2.75) is 57.2 Å². The van der Waals surface area contributed by atoms with Crippen molar-refractivity contribution in [3.63, 3.8) is 0 Å². The molecule has 1 aromatic rings. The third kappa shape index (κ3) is 3.99. The van der Waals surface area contributed by atoms with Gasteiger partial charge in [-0.15, -0.1) is 5.10 Å². The average Bonchev–Trinajstić information content (AvgIpc) is 2.84. The van der Waals surface area contributed by atoms with Crippen molar-refractivity contribution < 1.29 is 4.74 Å². The summed E-state index contributed by atoms with van der Waals surface area (Å²) in [4.78, 5) is 4.37. The van der Waals surface area contributed by atoms with Gasteiger partial charge < -0.3 is 4.74 Å². The monoisotopic (exact) mass is 269 g/mol. The van der Waals surface area contributed by atoms with E-state index in [-0.39, 0.29) is 0 Å². The summed E-state index contributed by atoms with van der Waals surface area (Å²) < 4.78 is 5.96. The molecule has 0 saturated heterocycles. The van der Waals surface area contributed by atoms with Gasteiger partial charge in [0, 0.05) is 12.2 Å². The summed E-state index contributed by atoms with van der Waals surface area (Å²) in [5.74, 6) is 2.61. The van der Waals surface area contributed by atoms with Crippen molar-refractivity contribution in [1.29, 1.82) is 0 Å². The van der Waals surface area contributed by atoms with Crippen LogP contribution in [0, 0.1) is 5.92 Å². The number of nitrogens with one attached hydrogen (secondary N) is 1. The van der Waals surface area contributed by atoms with Crippen LogP contribution in [0.2, 0.25) is 0 Å². The molecular formula is C13H23N3OS. The first-order valence-electron chi connectivity index (χ1n) is 6.95. The maximum absolute atomic E-state index is 5.96. The zero-order chi connectivity index (χ0) is 12.8. The van der Waals surface area contributed by atoms with E-state index in [1.165, 1.54) is 25.7 Å². The summed E-state index contributed by atoms with van der Waals surface area (Å²) in [6.45, 7) is 5.18. The summed E-state index contributed by atoms with van der Waals surface area (Å²) in [6.07, 6.45) is 6.61. The minimum atomic E-state index is 0.470. The first-order valence-corrected chi connectivity index (χ1v) is 7.94. The maximum Gasteiger partial charge on any atom is 0.208 e. The van der Waals surface area contributed by atoms with Gasteiger partial charge in [0.1, 0.15) is 5.82 Å². The lowest BCUT2D eigenvalue weighted by atomic mass is 9.88. The van der Waals surface area contributed by atoms with Crippen LogP contribution in [-0.2, 0) is 11.2 Å². The van der Waals surface area contributed by atoms with Gasteiger partial charge >= 0.3 is 0 Å². The number of ether oxygens (including phenoxy) is 1. The topological polar surface area (TPSA) is 50.8 Å². The van der Waals surface area contributed by atoms with Crippen LogP contribution in [0.5, 0.6) is 0 Å². The highest BCUT2D eigenvalue weighted by Crippen LogP contribution is 2.26. The number of H-pyrrole nitrogens is 1. The van der Waals surface area contributed by atoms with Crippen molar-refractivity contribution in [3.8, 4) is 0 Å². The van der Waals surface area contributed by atoms with Crippen LogP contribution in [0.3, 0.4) is 0 Å². The molecule has 0 spiro atoms. The Morgan fingerprint density at radius 2 is 2.22 bits per heavy atom. The van der Waals surface area contributed by atoms with Gasteiger partial charge in [0.25, 0.3) is 0 Å². The summed E-state index contributed by atoms with van der Waals surface area (Å²) >= 11 is 1.67. The van der Waals surface area contributed by atoms with Crippen LogP contribution in [-0.4, -0.2) is 33.6 Å².